The van der Waals surface area contributed by atoms with E-state index in [0.29, 0.717) is 12.0 Å². The largest absolute Gasteiger partial charge is 0.417 e. The second-order valence-electron chi connectivity index (χ2n) is 3.37. The second-order valence-corrected chi connectivity index (χ2v) is 3.78. The van der Waals surface area contributed by atoms with E-state index in [9.17, 15) is 13.2 Å². The molecule has 0 aliphatic rings. The lowest BCUT2D eigenvalue weighted by Gasteiger charge is -2.14. The molecule has 2 N–H and O–H groups in total. The van der Waals surface area contributed by atoms with Gasteiger partial charge in [0.25, 0.3) is 0 Å². The van der Waals surface area contributed by atoms with E-state index in [4.69, 9.17) is 17.3 Å². The number of rotatable bonds is 3. The normalized spacial score (nSPS) is 12.8. The molecule has 0 unspecified atom stereocenters. The highest BCUT2D eigenvalue weighted by atomic mass is 35.5. The molecule has 0 fully saturated rings. The van der Waals surface area contributed by atoms with Crippen LogP contribution in [-0.2, 0) is 6.18 Å². The standard InChI is InChI=1S/C11H11ClF3N.ClH/c1-2-3-10(16)7-4-5-9(12)8(6-7)11(13,14)15;/h2,4-6,10H,1,3,16H2;1H/t10-;/m0./s1. The molecule has 0 bridgehead atoms. The number of benzene rings is 1. The highest BCUT2D eigenvalue weighted by Crippen LogP contribution is 2.36. The molecule has 1 aromatic rings. The maximum absolute atomic E-state index is 12.5. The third-order valence-electron chi connectivity index (χ3n) is 2.14. The Bertz CT molecular complexity index is 391. The van der Waals surface area contributed by atoms with E-state index < -0.39 is 17.8 Å². The zero-order valence-corrected chi connectivity index (χ0v) is 10.4. The van der Waals surface area contributed by atoms with Gasteiger partial charge in [-0.1, -0.05) is 23.7 Å². The maximum atomic E-state index is 12.5. The molecule has 0 saturated heterocycles. The summed E-state index contributed by atoms with van der Waals surface area (Å²) >= 11 is 5.48. The van der Waals surface area contributed by atoms with Gasteiger partial charge in [-0.15, -0.1) is 19.0 Å². The first kappa shape index (κ1) is 16.3. The summed E-state index contributed by atoms with van der Waals surface area (Å²) in [7, 11) is 0. The van der Waals surface area contributed by atoms with Crippen LogP contribution in [0, 0.1) is 0 Å². The molecule has 1 atom stereocenters. The molecule has 0 saturated carbocycles. The van der Waals surface area contributed by atoms with Crippen LogP contribution in [0.4, 0.5) is 13.2 Å². The van der Waals surface area contributed by atoms with Gasteiger partial charge in [0.1, 0.15) is 0 Å². The topological polar surface area (TPSA) is 26.0 Å². The van der Waals surface area contributed by atoms with Crippen molar-refractivity contribution < 1.29 is 13.2 Å². The predicted molar refractivity (Wildman–Crippen MR) is 65.4 cm³/mol. The summed E-state index contributed by atoms with van der Waals surface area (Å²) in [6.07, 6.45) is -2.48. The molecular formula is C11H12Cl2F3N. The van der Waals surface area contributed by atoms with Crippen molar-refractivity contribution in [1.82, 2.24) is 0 Å². The smallest absolute Gasteiger partial charge is 0.324 e. The van der Waals surface area contributed by atoms with E-state index in [1.165, 1.54) is 12.1 Å². The van der Waals surface area contributed by atoms with Gasteiger partial charge in [0.05, 0.1) is 10.6 Å². The van der Waals surface area contributed by atoms with Crippen LogP contribution in [0.2, 0.25) is 5.02 Å². The van der Waals surface area contributed by atoms with Gasteiger partial charge in [-0.2, -0.15) is 13.2 Å². The second kappa shape index (κ2) is 6.28. The first-order chi connectivity index (χ1) is 7.36. The fourth-order valence-corrected chi connectivity index (χ4v) is 1.53. The van der Waals surface area contributed by atoms with E-state index in [0.717, 1.165) is 6.07 Å². The molecule has 1 aromatic carbocycles. The molecule has 0 aliphatic carbocycles. The fraction of sp³-hybridized carbons (Fsp3) is 0.273. The highest BCUT2D eigenvalue weighted by Gasteiger charge is 2.33. The van der Waals surface area contributed by atoms with E-state index in [-0.39, 0.29) is 17.4 Å². The molecule has 0 amide bonds. The van der Waals surface area contributed by atoms with E-state index >= 15 is 0 Å². The summed E-state index contributed by atoms with van der Waals surface area (Å²) in [5.41, 5.74) is 5.23. The van der Waals surface area contributed by atoms with E-state index in [2.05, 4.69) is 6.58 Å². The molecule has 0 radical (unpaired) electrons. The minimum atomic E-state index is -4.46. The van der Waals surface area contributed by atoms with Gasteiger partial charge in [0.15, 0.2) is 0 Å². The van der Waals surface area contributed by atoms with Crippen molar-refractivity contribution in [3.05, 3.63) is 47.0 Å². The Hall–Kier alpha value is -0.710. The van der Waals surface area contributed by atoms with Gasteiger partial charge in [-0.3, -0.25) is 0 Å². The van der Waals surface area contributed by atoms with Gasteiger partial charge in [0.2, 0.25) is 0 Å². The third kappa shape index (κ3) is 4.22. The van der Waals surface area contributed by atoms with Crippen molar-refractivity contribution in [3.63, 3.8) is 0 Å². The molecular weight excluding hydrogens is 274 g/mol. The van der Waals surface area contributed by atoms with Crippen LogP contribution < -0.4 is 5.73 Å². The van der Waals surface area contributed by atoms with Crippen LogP contribution in [-0.4, -0.2) is 0 Å². The van der Waals surface area contributed by atoms with E-state index in [1.54, 1.807) is 6.08 Å². The summed E-state index contributed by atoms with van der Waals surface area (Å²) < 4.78 is 37.6. The Morgan fingerprint density at radius 3 is 2.47 bits per heavy atom. The number of hydrogen-bond donors (Lipinski definition) is 1. The Morgan fingerprint density at radius 2 is 2.00 bits per heavy atom. The molecule has 0 aliphatic heterocycles. The lowest BCUT2D eigenvalue weighted by atomic mass is 10.0. The molecule has 1 nitrogen and oxygen atoms in total. The van der Waals surface area contributed by atoms with Crippen LogP contribution in [0.5, 0.6) is 0 Å². The van der Waals surface area contributed by atoms with Crippen molar-refractivity contribution in [3.8, 4) is 0 Å². The van der Waals surface area contributed by atoms with Crippen molar-refractivity contribution in [2.45, 2.75) is 18.6 Å². The molecule has 0 spiro atoms. The van der Waals surface area contributed by atoms with Gasteiger partial charge in [-0.25, -0.2) is 0 Å². The highest BCUT2D eigenvalue weighted by molar-refractivity contribution is 6.31. The van der Waals surface area contributed by atoms with Gasteiger partial charge in [-0.05, 0) is 24.1 Å². The zero-order chi connectivity index (χ0) is 12.3. The van der Waals surface area contributed by atoms with Gasteiger partial charge < -0.3 is 5.73 Å². The van der Waals surface area contributed by atoms with Gasteiger partial charge >= 0.3 is 6.18 Å². The minimum absolute atomic E-state index is 0. The first-order valence-electron chi connectivity index (χ1n) is 4.59. The summed E-state index contributed by atoms with van der Waals surface area (Å²) in [6, 6.07) is 3.20. The number of halogens is 5. The number of nitrogens with two attached hydrogens (primary N) is 1. The average Bonchev–Trinajstić information content (AvgIpc) is 2.16. The van der Waals surface area contributed by atoms with Crippen LogP contribution in [0.15, 0.2) is 30.9 Å². The fourth-order valence-electron chi connectivity index (χ4n) is 1.31. The molecule has 6 heteroatoms. The molecule has 96 valence electrons. The first-order valence-corrected chi connectivity index (χ1v) is 4.97. The summed E-state index contributed by atoms with van der Waals surface area (Å²) in [4.78, 5) is 0. The van der Waals surface area contributed by atoms with Crippen molar-refractivity contribution in [2.24, 2.45) is 5.73 Å². The summed E-state index contributed by atoms with van der Waals surface area (Å²) in [6.45, 7) is 3.49. The van der Waals surface area contributed by atoms with Crippen molar-refractivity contribution in [1.29, 1.82) is 0 Å². The monoisotopic (exact) mass is 285 g/mol. The Morgan fingerprint density at radius 1 is 1.41 bits per heavy atom. The molecule has 0 aromatic heterocycles. The van der Waals surface area contributed by atoms with Crippen LogP contribution in [0.25, 0.3) is 0 Å². The lowest BCUT2D eigenvalue weighted by molar-refractivity contribution is -0.137. The van der Waals surface area contributed by atoms with Gasteiger partial charge in [0, 0.05) is 6.04 Å². The minimum Gasteiger partial charge on any atom is -0.324 e. The van der Waals surface area contributed by atoms with Crippen LogP contribution in [0.1, 0.15) is 23.6 Å². The number of alkyl halides is 3. The lowest BCUT2D eigenvalue weighted by Crippen LogP contribution is -2.12. The van der Waals surface area contributed by atoms with E-state index in [1.807, 2.05) is 0 Å². The van der Waals surface area contributed by atoms with Crippen molar-refractivity contribution >= 4 is 24.0 Å². The SMILES string of the molecule is C=CC[C@H](N)c1ccc(Cl)c(C(F)(F)F)c1.Cl. The Kier molecular flexibility index (Phi) is 6.02. The predicted octanol–water partition coefficient (Wildman–Crippen LogP) is 4.36. The third-order valence-corrected chi connectivity index (χ3v) is 2.47. The molecule has 1 rings (SSSR count). The number of hydrogen-bond acceptors (Lipinski definition) is 1. The summed E-state index contributed by atoms with van der Waals surface area (Å²) in [5, 5.41) is -0.318. The molecule has 17 heavy (non-hydrogen) atoms. The quantitative estimate of drug-likeness (QED) is 0.821. The average molecular weight is 286 g/mol. The van der Waals surface area contributed by atoms with Crippen molar-refractivity contribution in [2.75, 3.05) is 0 Å². The van der Waals surface area contributed by atoms with Crippen LogP contribution in [0.3, 0.4) is 0 Å². The Balaban J connectivity index is 0.00000256. The van der Waals surface area contributed by atoms with Crippen LogP contribution >= 0.6 is 24.0 Å². The molecule has 0 heterocycles. The maximum Gasteiger partial charge on any atom is 0.417 e. The Labute approximate surface area is 109 Å². The summed E-state index contributed by atoms with van der Waals surface area (Å²) in [5.74, 6) is 0. The zero-order valence-electron chi connectivity index (χ0n) is 8.80.